The highest BCUT2D eigenvalue weighted by atomic mass is 16.5. The van der Waals surface area contributed by atoms with Crippen LogP contribution in [0.2, 0.25) is 0 Å². The highest BCUT2D eigenvalue weighted by molar-refractivity contribution is 5.83. The molecule has 0 aliphatic heterocycles. The van der Waals surface area contributed by atoms with E-state index < -0.39 is 11.9 Å². The molecule has 1 aliphatic carbocycles. The molecule has 4 atom stereocenters. The first-order chi connectivity index (χ1) is 7.47. The Bertz CT molecular complexity index is 279. The largest absolute Gasteiger partial charge is 0.481 e. The van der Waals surface area contributed by atoms with Crippen molar-refractivity contribution >= 4 is 11.9 Å². The van der Waals surface area contributed by atoms with E-state index in [2.05, 4.69) is 5.32 Å². The fraction of sp³-hybridized carbons (Fsp3) is 0.818. The zero-order chi connectivity index (χ0) is 12.3. The molecule has 2 N–H and O–H groups in total. The van der Waals surface area contributed by atoms with Gasteiger partial charge in [-0.3, -0.25) is 9.59 Å². The molecule has 5 nitrogen and oxygen atoms in total. The molecule has 16 heavy (non-hydrogen) atoms. The number of carboxylic acids is 1. The number of carbonyl (C=O) groups excluding carboxylic acids is 1. The number of carbonyl (C=O) groups is 2. The van der Waals surface area contributed by atoms with Crippen LogP contribution >= 0.6 is 0 Å². The quantitative estimate of drug-likeness (QED) is 0.700. The molecule has 0 saturated heterocycles. The highest BCUT2D eigenvalue weighted by Gasteiger charge is 2.44. The number of aliphatic carboxylic acids is 1. The number of carboxylic acid groups (broad SMARTS) is 1. The topological polar surface area (TPSA) is 75.6 Å². The van der Waals surface area contributed by atoms with Crippen LogP contribution < -0.4 is 5.32 Å². The molecule has 1 fully saturated rings. The molecule has 1 aliphatic rings. The van der Waals surface area contributed by atoms with Crippen LogP contribution in [0, 0.1) is 11.8 Å². The van der Waals surface area contributed by atoms with E-state index in [0.717, 1.165) is 6.42 Å². The third-order valence-corrected chi connectivity index (χ3v) is 2.96. The number of ether oxygens (including phenoxy) is 1. The molecule has 1 amide bonds. The van der Waals surface area contributed by atoms with Crippen molar-refractivity contribution in [3.8, 4) is 0 Å². The first-order valence-electron chi connectivity index (χ1n) is 5.62. The maximum atomic E-state index is 11.6. The van der Waals surface area contributed by atoms with Gasteiger partial charge in [0.05, 0.1) is 17.9 Å². The fourth-order valence-corrected chi connectivity index (χ4v) is 1.52. The van der Waals surface area contributed by atoms with Crippen molar-refractivity contribution in [2.24, 2.45) is 11.8 Å². The molecule has 0 aromatic carbocycles. The summed E-state index contributed by atoms with van der Waals surface area (Å²) in [7, 11) is 0. The predicted molar refractivity (Wildman–Crippen MR) is 57.9 cm³/mol. The van der Waals surface area contributed by atoms with Crippen LogP contribution in [0.5, 0.6) is 0 Å². The second-order valence-corrected chi connectivity index (χ2v) is 4.26. The Kier molecular flexibility index (Phi) is 4.29. The standard InChI is InChI=1S/C11H19NO4/c1-4-16-9-5-8(9)10(13)12-7(3)6(2)11(14)15/h6-9H,4-5H2,1-3H3,(H,12,13)(H,14,15). The summed E-state index contributed by atoms with van der Waals surface area (Å²) in [5, 5.41) is 11.5. The average Bonchev–Trinajstić information content (AvgIpc) is 2.96. The molecule has 0 aromatic heterocycles. The Morgan fingerprint density at radius 1 is 1.50 bits per heavy atom. The summed E-state index contributed by atoms with van der Waals surface area (Å²) in [6, 6.07) is -0.354. The smallest absolute Gasteiger partial charge is 0.308 e. The predicted octanol–water partition coefficient (Wildman–Crippen LogP) is 0.637. The Morgan fingerprint density at radius 3 is 2.62 bits per heavy atom. The SMILES string of the molecule is CCOC1CC1C(=O)NC(C)C(C)C(=O)O. The van der Waals surface area contributed by atoms with Gasteiger partial charge in [0.15, 0.2) is 0 Å². The van der Waals surface area contributed by atoms with E-state index in [0.29, 0.717) is 6.61 Å². The summed E-state index contributed by atoms with van der Waals surface area (Å²) >= 11 is 0. The zero-order valence-corrected chi connectivity index (χ0v) is 9.90. The van der Waals surface area contributed by atoms with Gasteiger partial charge in [-0.25, -0.2) is 0 Å². The zero-order valence-electron chi connectivity index (χ0n) is 9.90. The van der Waals surface area contributed by atoms with Crippen molar-refractivity contribution in [1.29, 1.82) is 0 Å². The van der Waals surface area contributed by atoms with Gasteiger partial charge in [-0.15, -0.1) is 0 Å². The van der Waals surface area contributed by atoms with Crippen molar-refractivity contribution in [1.82, 2.24) is 5.32 Å². The molecule has 0 radical (unpaired) electrons. The lowest BCUT2D eigenvalue weighted by Gasteiger charge is -2.17. The van der Waals surface area contributed by atoms with Gasteiger partial charge >= 0.3 is 5.97 Å². The monoisotopic (exact) mass is 229 g/mol. The lowest BCUT2D eigenvalue weighted by atomic mass is 10.0. The average molecular weight is 229 g/mol. The minimum atomic E-state index is -0.898. The van der Waals surface area contributed by atoms with Crippen molar-refractivity contribution in [2.75, 3.05) is 6.61 Å². The molecule has 4 unspecified atom stereocenters. The summed E-state index contributed by atoms with van der Waals surface area (Å²) < 4.78 is 5.30. The maximum Gasteiger partial charge on any atom is 0.308 e. The normalized spacial score (nSPS) is 26.9. The van der Waals surface area contributed by atoms with Crippen molar-refractivity contribution in [2.45, 2.75) is 39.3 Å². The van der Waals surface area contributed by atoms with E-state index in [1.54, 1.807) is 13.8 Å². The molecule has 0 aromatic rings. The Labute approximate surface area is 95.2 Å². The lowest BCUT2D eigenvalue weighted by molar-refractivity contribution is -0.142. The lowest BCUT2D eigenvalue weighted by Crippen LogP contribution is -2.41. The van der Waals surface area contributed by atoms with Crippen LogP contribution in [0.3, 0.4) is 0 Å². The van der Waals surface area contributed by atoms with E-state index in [4.69, 9.17) is 9.84 Å². The molecule has 0 bridgehead atoms. The van der Waals surface area contributed by atoms with Crippen LogP contribution in [0.4, 0.5) is 0 Å². The molecule has 1 rings (SSSR count). The van der Waals surface area contributed by atoms with Gasteiger partial charge in [0, 0.05) is 12.6 Å². The van der Waals surface area contributed by atoms with Crippen LogP contribution in [-0.2, 0) is 14.3 Å². The van der Waals surface area contributed by atoms with Gasteiger partial charge in [-0.1, -0.05) is 0 Å². The first-order valence-corrected chi connectivity index (χ1v) is 5.62. The van der Waals surface area contributed by atoms with Crippen molar-refractivity contribution in [3.63, 3.8) is 0 Å². The molecule has 1 saturated carbocycles. The third kappa shape index (κ3) is 3.20. The van der Waals surface area contributed by atoms with E-state index in [9.17, 15) is 9.59 Å². The second-order valence-electron chi connectivity index (χ2n) is 4.26. The Morgan fingerprint density at radius 2 is 2.12 bits per heavy atom. The van der Waals surface area contributed by atoms with Gasteiger partial charge in [0.25, 0.3) is 0 Å². The maximum absolute atomic E-state index is 11.6. The molecule has 0 spiro atoms. The second kappa shape index (κ2) is 5.30. The Balaban J connectivity index is 2.33. The van der Waals surface area contributed by atoms with Gasteiger partial charge < -0.3 is 15.2 Å². The molecule has 5 heteroatoms. The van der Waals surface area contributed by atoms with E-state index in [1.807, 2.05) is 6.92 Å². The van der Waals surface area contributed by atoms with Crippen LogP contribution in [0.1, 0.15) is 27.2 Å². The fourth-order valence-electron chi connectivity index (χ4n) is 1.52. The summed E-state index contributed by atoms with van der Waals surface area (Å²) in [4.78, 5) is 22.3. The number of rotatable bonds is 6. The molecular formula is C11H19NO4. The summed E-state index contributed by atoms with van der Waals surface area (Å²) in [6.45, 7) is 5.78. The van der Waals surface area contributed by atoms with Crippen LogP contribution in [-0.4, -0.2) is 35.7 Å². The van der Waals surface area contributed by atoms with Crippen molar-refractivity contribution < 1.29 is 19.4 Å². The highest BCUT2D eigenvalue weighted by Crippen LogP contribution is 2.33. The van der Waals surface area contributed by atoms with Gasteiger partial charge in [-0.05, 0) is 27.2 Å². The number of nitrogens with one attached hydrogen (secondary N) is 1. The summed E-state index contributed by atoms with van der Waals surface area (Å²) in [5.74, 6) is -1.67. The number of hydrogen-bond acceptors (Lipinski definition) is 3. The Hall–Kier alpha value is -1.10. The third-order valence-electron chi connectivity index (χ3n) is 2.96. The molecule has 0 heterocycles. The van der Waals surface area contributed by atoms with Crippen LogP contribution in [0.25, 0.3) is 0 Å². The van der Waals surface area contributed by atoms with Gasteiger partial charge in [0.1, 0.15) is 0 Å². The van der Waals surface area contributed by atoms with E-state index in [-0.39, 0.29) is 24.0 Å². The van der Waals surface area contributed by atoms with E-state index >= 15 is 0 Å². The first kappa shape index (κ1) is 13.0. The number of amides is 1. The summed E-state index contributed by atoms with van der Waals surface area (Å²) in [5.41, 5.74) is 0. The summed E-state index contributed by atoms with van der Waals surface area (Å²) in [6.07, 6.45) is 0.769. The minimum Gasteiger partial charge on any atom is -0.481 e. The van der Waals surface area contributed by atoms with Crippen LogP contribution in [0.15, 0.2) is 0 Å². The molecule has 92 valence electrons. The van der Waals surface area contributed by atoms with Crippen molar-refractivity contribution in [3.05, 3.63) is 0 Å². The van der Waals surface area contributed by atoms with Gasteiger partial charge in [0.2, 0.25) is 5.91 Å². The van der Waals surface area contributed by atoms with E-state index in [1.165, 1.54) is 0 Å². The molecular weight excluding hydrogens is 210 g/mol. The number of hydrogen-bond donors (Lipinski definition) is 2. The minimum absolute atomic E-state index is 0.0253. The van der Waals surface area contributed by atoms with Gasteiger partial charge in [-0.2, -0.15) is 0 Å².